The zero-order chi connectivity index (χ0) is 15.6. The molecule has 1 aromatic rings. The summed E-state index contributed by atoms with van der Waals surface area (Å²) in [5.41, 5.74) is 2.08. The summed E-state index contributed by atoms with van der Waals surface area (Å²) in [7, 11) is 0. The van der Waals surface area contributed by atoms with Crippen molar-refractivity contribution >= 4 is 17.3 Å². The Balaban J connectivity index is 2.06. The summed E-state index contributed by atoms with van der Waals surface area (Å²) in [4.78, 5) is 12.4. The van der Waals surface area contributed by atoms with E-state index in [0.29, 0.717) is 5.71 Å². The Labute approximate surface area is 125 Å². The van der Waals surface area contributed by atoms with E-state index < -0.39 is 0 Å². The second kappa shape index (κ2) is 6.26. The van der Waals surface area contributed by atoms with E-state index >= 15 is 0 Å². The summed E-state index contributed by atoms with van der Waals surface area (Å²) in [6.07, 6.45) is 0.0274. The number of hydrogen-bond acceptors (Lipinski definition) is 4. The second-order valence-corrected chi connectivity index (χ2v) is 5.68. The first kappa shape index (κ1) is 15.5. The van der Waals surface area contributed by atoms with Crippen molar-refractivity contribution in [3.63, 3.8) is 0 Å². The maximum Gasteiger partial charge on any atom is 0.230 e. The number of ether oxygens (including phenoxy) is 1. The number of carbonyl (C=O) groups excluding carboxylic acids is 1. The average Bonchev–Trinajstić information content (AvgIpc) is 2.72. The van der Waals surface area contributed by atoms with Crippen LogP contribution in [0.4, 0.5) is 5.69 Å². The molecule has 0 aliphatic carbocycles. The van der Waals surface area contributed by atoms with Crippen LogP contribution < -0.4 is 5.32 Å². The molecule has 4 atom stereocenters. The normalized spacial score (nSPS) is 29.4. The SMILES string of the molecule is CC(=NO)c1ccc(NC(=O)C2C(C)OC(C)C2C)cc1. The third kappa shape index (κ3) is 3.24. The van der Waals surface area contributed by atoms with Gasteiger partial charge in [0.15, 0.2) is 0 Å². The zero-order valence-corrected chi connectivity index (χ0v) is 12.8. The third-order valence-electron chi connectivity index (χ3n) is 4.26. The van der Waals surface area contributed by atoms with Gasteiger partial charge in [-0.3, -0.25) is 4.79 Å². The van der Waals surface area contributed by atoms with E-state index in [-0.39, 0.29) is 30.0 Å². The first-order valence-electron chi connectivity index (χ1n) is 7.19. The quantitative estimate of drug-likeness (QED) is 0.511. The number of nitrogens with zero attached hydrogens (tertiary/aromatic N) is 1. The van der Waals surface area contributed by atoms with Crippen LogP contribution in [-0.4, -0.2) is 29.0 Å². The van der Waals surface area contributed by atoms with Crippen LogP contribution >= 0.6 is 0 Å². The van der Waals surface area contributed by atoms with Gasteiger partial charge in [0.1, 0.15) is 0 Å². The van der Waals surface area contributed by atoms with Gasteiger partial charge in [0.05, 0.1) is 23.8 Å². The molecule has 5 nitrogen and oxygen atoms in total. The highest BCUT2D eigenvalue weighted by molar-refractivity contribution is 5.99. The summed E-state index contributed by atoms with van der Waals surface area (Å²) >= 11 is 0. The lowest BCUT2D eigenvalue weighted by molar-refractivity contribution is -0.121. The number of anilines is 1. The molecule has 1 aliphatic heterocycles. The largest absolute Gasteiger partial charge is 0.411 e. The summed E-state index contributed by atoms with van der Waals surface area (Å²) in [5.74, 6) is 0.0445. The lowest BCUT2D eigenvalue weighted by Gasteiger charge is -2.18. The second-order valence-electron chi connectivity index (χ2n) is 5.68. The van der Waals surface area contributed by atoms with Crippen LogP contribution in [0.15, 0.2) is 29.4 Å². The van der Waals surface area contributed by atoms with Crippen molar-refractivity contribution in [3.8, 4) is 0 Å². The molecule has 21 heavy (non-hydrogen) atoms. The van der Waals surface area contributed by atoms with Crippen molar-refractivity contribution in [2.24, 2.45) is 17.0 Å². The molecule has 2 N–H and O–H groups in total. The Hall–Kier alpha value is -1.88. The summed E-state index contributed by atoms with van der Waals surface area (Å²) in [5, 5.41) is 14.8. The number of amides is 1. The Morgan fingerprint density at radius 3 is 2.29 bits per heavy atom. The molecule has 2 rings (SSSR count). The molecular formula is C16H22N2O3. The smallest absolute Gasteiger partial charge is 0.230 e. The van der Waals surface area contributed by atoms with Crippen LogP contribution in [0.3, 0.4) is 0 Å². The molecular weight excluding hydrogens is 268 g/mol. The van der Waals surface area contributed by atoms with Gasteiger partial charge >= 0.3 is 0 Å². The van der Waals surface area contributed by atoms with Crippen LogP contribution in [0.5, 0.6) is 0 Å². The minimum Gasteiger partial charge on any atom is -0.411 e. The van der Waals surface area contributed by atoms with E-state index in [0.717, 1.165) is 11.3 Å². The van der Waals surface area contributed by atoms with Crippen LogP contribution in [0.1, 0.15) is 33.3 Å². The minimum absolute atomic E-state index is 0.0142. The molecule has 1 aromatic carbocycles. The summed E-state index contributed by atoms with van der Waals surface area (Å²) in [6.45, 7) is 7.70. The highest BCUT2D eigenvalue weighted by Gasteiger charge is 2.41. The molecule has 5 heteroatoms. The maximum absolute atomic E-state index is 12.4. The van der Waals surface area contributed by atoms with Crippen molar-refractivity contribution in [2.45, 2.75) is 39.9 Å². The number of rotatable bonds is 3. The van der Waals surface area contributed by atoms with Gasteiger partial charge in [0.2, 0.25) is 5.91 Å². The molecule has 1 amide bonds. The summed E-state index contributed by atoms with van der Waals surface area (Å²) in [6, 6.07) is 7.23. The number of oxime groups is 1. The molecule has 1 saturated heterocycles. The van der Waals surface area contributed by atoms with Crippen LogP contribution in [0.2, 0.25) is 0 Å². The average molecular weight is 290 g/mol. The first-order chi connectivity index (χ1) is 9.93. The van der Waals surface area contributed by atoms with Crippen molar-refractivity contribution in [1.82, 2.24) is 0 Å². The molecule has 1 fully saturated rings. The van der Waals surface area contributed by atoms with Crippen LogP contribution in [-0.2, 0) is 9.53 Å². The predicted octanol–water partition coefficient (Wildman–Crippen LogP) is 2.88. The first-order valence-corrected chi connectivity index (χ1v) is 7.19. The van der Waals surface area contributed by atoms with E-state index in [1.807, 2.05) is 32.9 Å². The van der Waals surface area contributed by atoms with E-state index in [9.17, 15) is 4.79 Å². The number of hydrogen-bond donors (Lipinski definition) is 2. The van der Waals surface area contributed by atoms with Gasteiger partial charge in [-0.1, -0.05) is 24.2 Å². The molecule has 0 aromatic heterocycles. The molecule has 114 valence electrons. The highest BCUT2D eigenvalue weighted by Crippen LogP contribution is 2.33. The fourth-order valence-corrected chi connectivity index (χ4v) is 2.80. The molecule has 0 spiro atoms. The van der Waals surface area contributed by atoms with Crippen molar-refractivity contribution in [3.05, 3.63) is 29.8 Å². The topological polar surface area (TPSA) is 70.9 Å². The van der Waals surface area contributed by atoms with Gasteiger partial charge in [-0.05, 0) is 44.4 Å². The van der Waals surface area contributed by atoms with E-state index in [1.165, 1.54) is 0 Å². The Morgan fingerprint density at radius 2 is 1.81 bits per heavy atom. The van der Waals surface area contributed by atoms with E-state index in [4.69, 9.17) is 9.94 Å². The van der Waals surface area contributed by atoms with Gasteiger partial charge < -0.3 is 15.3 Å². The van der Waals surface area contributed by atoms with Crippen molar-refractivity contribution < 1.29 is 14.7 Å². The van der Waals surface area contributed by atoms with E-state index in [1.54, 1.807) is 19.1 Å². The highest BCUT2D eigenvalue weighted by atomic mass is 16.5. The van der Waals surface area contributed by atoms with Gasteiger partial charge in [0, 0.05) is 5.69 Å². The van der Waals surface area contributed by atoms with Crippen molar-refractivity contribution in [1.29, 1.82) is 0 Å². The number of nitrogens with one attached hydrogen (secondary N) is 1. The Morgan fingerprint density at radius 1 is 1.19 bits per heavy atom. The van der Waals surface area contributed by atoms with Crippen LogP contribution in [0, 0.1) is 11.8 Å². The van der Waals surface area contributed by atoms with Gasteiger partial charge in [-0.25, -0.2) is 0 Å². The molecule has 0 saturated carbocycles. The number of benzene rings is 1. The molecule has 1 heterocycles. The van der Waals surface area contributed by atoms with Gasteiger partial charge in [-0.15, -0.1) is 0 Å². The zero-order valence-electron chi connectivity index (χ0n) is 12.8. The lowest BCUT2D eigenvalue weighted by Crippen LogP contribution is -2.31. The molecule has 1 aliphatic rings. The molecule has 0 bridgehead atoms. The van der Waals surface area contributed by atoms with Crippen molar-refractivity contribution in [2.75, 3.05) is 5.32 Å². The van der Waals surface area contributed by atoms with E-state index in [2.05, 4.69) is 10.5 Å². The number of carbonyl (C=O) groups is 1. The Bertz CT molecular complexity index is 539. The van der Waals surface area contributed by atoms with Crippen LogP contribution in [0.25, 0.3) is 0 Å². The Kier molecular flexibility index (Phi) is 4.63. The fraction of sp³-hybridized carbons (Fsp3) is 0.500. The summed E-state index contributed by atoms with van der Waals surface area (Å²) < 4.78 is 5.71. The third-order valence-corrected chi connectivity index (χ3v) is 4.26. The van der Waals surface area contributed by atoms with Gasteiger partial charge in [0.25, 0.3) is 0 Å². The predicted molar refractivity (Wildman–Crippen MR) is 81.7 cm³/mol. The monoisotopic (exact) mass is 290 g/mol. The lowest BCUT2D eigenvalue weighted by atomic mass is 9.89. The molecule has 0 radical (unpaired) electrons. The fourth-order valence-electron chi connectivity index (χ4n) is 2.80. The van der Waals surface area contributed by atoms with Gasteiger partial charge in [-0.2, -0.15) is 0 Å². The maximum atomic E-state index is 12.4. The minimum atomic E-state index is -0.139. The molecule has 4 unspecified atom stereocenters. The standard InChI is InChI=1S/C16H22N2O3/c1-9-11(3)21-12(4)15(9)16(19)17-14-7-5-13(6-8-14)10(2)18-20/h5-9,11-12,15,20H,1-4H3,(H,17,19).